The van der Waals surface area contributed by atoms with Gasteiger partial charge in [-0.25, -0.2) is 0 Å². The zero-order valence-corrected chi connectivity index (χ0v) is 16.0. The first-order chi connectivity index (χ1) is 13.5. The summed E-state index contributed by atoms with van der Waals surface area (Å²) >= 11 is 6.28. The number of ether oxygens (including phenoxy) is 3. The number of carbonyl (C=O) groups is 2. The van der Waals surface area contributed by atoms with E-state index in [0.717, 1.165) is 6.42 Å². The second kappa shape index (κ2) is 7.59. The summed E-state index contributed by atoms with van der Waals surface area (Å²) < 4.78 is 16.8. The van der Waals surface area contributed by atoms with E-state index in [0.29, 0.717) is 46.9 Å². The first-order valence-corrected chi connectivity index (χ1v) is 9.37. The summed E-state index contributed by atoms with van der Waals surface area (Å²) in [6, 6.07) is 10.4. The molecule has 2 heterocycles. The SMILES string of the molecule is C[C@@H]1Oc2ccccc2N(CC(=O)Nc2cc3c(cc2Cl)OCCCO3)C1=O. The van der Waals surface area contributed by atoms with Gasteiger partial charge in [0.15, 0.2) is 17.6 Å². The highest BCUT2D eigenvalue weighted by molar-refractivity contribution is 6.34. The number of rotatable bonds is 3. The van der Waals surface area contributed by atoms with Crippen LogP contribution in [0.15, 0.2) is 36.4 Å². The summed E-state index contributed by atoms with van der Waals surface area (Å²) in [5.74, 6) is 0.980. The summed E-state index contributed by atoms with van der Waals surface area (Å²) in [5.41, 5.74) is 0.962. The zero-order valence-electron chi connectivity index (χ0n) is 15.2. The van der Waals surface area contributed by atoms with Crippen LogP contribution in [0.25, 0.3) is 0 Å². The minimum atomic E-state index is -0.663. The Bertz CT molecular complexity index is 933. The van der Waals surface area contributed by atoms with Gasteiger partial charge in [0.05, 0.1) is 29.6 Å². The largest absolute Gasteiger partial charge is 0.490 e. The van der Waals surface area contributed by atoms with E-state index in [-0.39, 0.29) is 18.4 Å². The Morgan fingerprint density at radius 2 is 1.89 bits per heavy atom. The summed E-state index contributed by atoms with van der Waals surface area (Å²) in [4.78, 5) is 26.6. The molecule has 8 heteroatoms. The zero-order chi connectivity index (χ0) is 19.7. The fraction of sp³-hybridized carbons (Fsp3) is 0.300. The molecule has 0 saturated carbocycles. The van der Waals surface area contributed by atoms with Crippen LogP contribution >= 0.6 is 11.6 Å². The van der Waals surface area contributed by atoms with E-state index < -0.39 is 6.10 Å². The van der Waals surface area contributed by atoms with Gasteiger partial charge in [0.2, 0.25) is 5.91 Å². The van der Waals surface area contributed by atoms with E-state index in [1.165, 1.54) is 4.90 Å². The molecular formula is C20H19ClN2O5. The molecule has 146 valence electrons. The van der Waals surface area contributed by atoms with Crippen LogP contribution in [0.1, 0.15) is 13.3 Å². The molecule has 0 bridgehead atoms. The van der Waals surface area contributed by atoms with Crippen molar-refractivity contribution in [2.75, 3.05) is 30.0 Å². The van der Waals surface area contributed by atoms with Gasteiger partial charge in [-0.2, -0.15) is 0 Å². The van der Waals surface area contributed by atoms with Crippen LogP contribution in [-0.4, -0.2) is 37.7 Å². The molecule has 7 nitrogen and oxygen atoms in total. The first kappa shape index (κ1) is 18.4. The van der Waals surface area contributed by atoms with E-state index in [4.69, 9.17) is 25.8 Å². The Morgan fingerprint density at radius 1 is 1.18 bits per heavy atom. The topological polar surface area (TPSA) is 77.1 Å². The number of nitrogens with one attached hydrogen (secondary N) is 1. The van der Waals surface area contributed by atoms with Crippen molar-refractivity contribution < 1.29 is 23.8 Å². The molecule has 0 unspecified atom stereocenters. The molecule has 28 heavy (non-hydrogen) atoms. The predicted octanol–water partition coefficient (Wildman–Crippen LogP) is 3.25. The lowest BCUT2D eigenvalue weighted by Gasteiger charge is -2.32. The Morgan fingerprint density at radius 3 is 2.68 bits per heavy atom. The Hall–Kier alpha value is -2.93. The maximum atomic E-state index is 12.7. The van der Waals surface area contributed by atoms with Crippen molar-refractivity contribution >= 4 is 34.8 Å². The van der Waals surface area contributed by atoms with Crippen molar-refractivity contribution in [3.63, 3.8) is 0 Å². The van der Waals surface area contributed by atoms with Crippen molar-refractivity contribution in [3.05, 3.63) is 41.4 Å². The number of para-hydroxylation sites is 2. The molecule has 2 aliphatic rings. The van der Waals surface area contributed by atoms with Gasteiger partial charge >= 0.3 is 0 Å². The van der Waals surface area contributed by atoms with E-state index in [1.54, 1.807) is 37.3 Å². The summed E-state index contributed by atoms with van der Waals surface area (Å²) in [6.07, 6.45) is 0.106. The molecule has 0 radical (unpaired) electrons. The number of carbonyl (C=O) groups excluding carboxylic acids is 2. The average molecular weight is 403 g/mol. The fourth-order valence-electron chi connectivity index (χ4n) is 3.13. The molecule has 0 aromatic heterocycles. The predicted molar refractivity (Wildman–Crippen MR) is 105 cm³/mol. The number of benzene rings is 2. The van der Waals surface area contributed by atoms with Crippen molar-refractivity contribution in [2.45, 2.75) is 19.4 Å². The van der Waals surface area contributed by atoms with Crippen LogP contribution < -0.4 is 24.4 Å². The third-order valence-corrected chi connectivity index (χ3v) is 4.80. The standard InChI is InChI=1S/C20H19ClN2O5/c1-12-20(25)23(15-5-2-3-6-16(15)28-12)11-19(24)22-14-10-18-17(9-13(14)21)26-7-4-8-27-18/h2-3,5-6,9-10,12H,4,7-8,11H2,1H3,(H,22,24)/t12-/m0/s1. The molecule has 0 spiro atoms. The monoisotopic (exact) mass is 402 g/mol. The maximum Gasteiger partial charge on any atom is 0.268 e. The average Bonchev–Trinajstić information content (AvgIpc) is 2.90. The summed E-state index contributed by atoms with van der Waals surface area (Å²) in [5, 5.41) is 3.09. The molecule has 4 rings (SSSR count). The number of fused-ring (bicyclic) bond motifs is 2. The number of hydrogen-bond donors (Lipinski definition) is 1. The van der Waals surface area contributed by atoms with Gasteiger partial charge < -0.3 is 19.5 Å². The smallest absolute Gasteiger partial charge is 0.268 e. The normalized spacial score (nSPS) is 18.0. The molecule has 0 aliphatic carbocycles. The Labute approximate surface area is 167 Å². The van der Waals surface area contributed by atoms with Crippen LogP contribution in [0, 0.1) is 0 Å². The van der Waals surface area contributed by atoms with E-state index in [1.807, 2.05) is 6.07 Å². The van der Waals surface area contributed by atoms with E-state index >= 15 is 0 Å². The van der Waals surface area contributed by atoms with Gasteiger partial charge in [-0.3, -0.25) is 14.5 Å². The van der Waals surface area contributed by atoms with Crippen LogP contribution in [0.3, 0.4) is 0 Å². The van der Waals surface area contributed by atoms with Crippen molar-refractivity contribution in [2.24, 2.45) is 0 Å². The van der Waals surface area contributed by atoms with Gasteiger partial charge in [0.25, 0.3) is 5.91 Å². The second-order valence-electron chi connectivity index (χ2n) is 6.53. The van der Waals surface area contributed by atoms with Crippen molar-refractivity contribution in [1.82, 2.24) is 0 Å². The highest BCUT2D eigenvalue weighted by Crippen LogP contribution is 2.38. The number of nitrogens with zero attached hydrogens (tertiary/aromatic N) is 1. The number of hydrogen-bond acceptors (Lipinski definition) is 5. The van der Waals surface area contributed by atoms with Crippen molar-refractivity contribution in [3.8, 4) is 17.2 Å². The molecule has 1 atom stereocenters. The lowest BCUT2D eigenvalue weighted by molar-refractivity contribution is -0.127. The Kier molecular flexibility index (Phi) is 5.00. The molecule has 2 amide bonds. The van der Waals surface area contributed by atoms with Crippen molar-refractivity contribution in [1.29, 1.82) is 0 Å². The second-order valence-corrected chi connectivity index (χ2v) is 6.94. The third-order valence-electron chi connectivity index (χ3n) is 4.49. The number of amides is 2. The highest BCUT2D eigenvalue weighted by Gasteiger charge is 2.32. The quantitative estimate of drug-likeness (QED) is 0.852. The summed E-state index contributed by atoms with van der Waals surface area (Å²) in [6.45, 7) is 2.57. The van der Waals surface area contributed by atoms with Crippen LogP contribution in [0.2, 0.25) is 5.02 Å². The van der Waals surface area contributed by atoms with Crippen LogP contribution in [-0.2, 0) is 9.59 Å². The van der Waals surface area contributed by atoms with Crippen LogP contribution in [0.5, 0.6) is 17.2 Å². The van der Waals surface area contributed by atoms with Gasteiger partial charge in [0, 0.05) is 18.6 Å². The molecule has 2 aliphatic heterocycles. The molecule has 0 fully saturated rings. The lowest BCUT2D eigenvalue weighted by Crippen LogP contribution is -2.47. The van der Waals surface area contributed by atoms with E-state index in [2.05, 4.69) is 5.32 Å². The highest BCUT2D eigenvalue weighted by atomic mass is 35.5. The van der Waals surface area contributed by atoms with Gasteiger partial charge in [-0.15, -0.1) is 0 Å². The number of halogens is 1. The molecule has 0 saturated heterocycles. The Balaban J connectivity index is 1.53. The molecule has 1 N–H and O–H groups in total. The summed E-state index contributed by atoms with van der Waals surface area (Å²) in [7, 11) is 0. The first-order valence-electron chi connectivity index (χ1n) is 8.99. The molecule has 2 aromatic carbocycles. The minimum Gasteiger partial charge on any atom is -0.490 e. The fourth-order valence-corrected chi connectivity index (χ4v) is 3.34. The minimum absolute atomic E-state index is 0.158. The number of anilines is 2. The molecular weight excluding hydrogens is 384 g/mol. The van der Waals surface area contributed by atoms with E-state index in [9.17, 15) is 9.59 Å². The van der Waals surface area contributed by atoms with Crippen LogP contribution in [0.4, 0.5) is 11.4 Å². The maximum absolute atomic E-state index is 12.7. The molecule has 2 aromatic rings. The van der Waals surface area contributed by atoms with Gasteiger partial charge in [0.1, 0.15) is 12.3 Å². The lowest BCUT2D eigenvalue weighted by atomic mass is 10.2. The van der Waals surface area contributed by atoms with Gasteiger partial charge in [-0.05, 0) is 19.1 Å². The third kappa shape index (κ3) is 3.57. The van der Waals surface area contributed by atoms with Gasteiger partial charge in [-0.1, -0.05) is 23.7 Å².